The maximum atomic E-state index is 13.0. The molecule has 2 heterocycles. The van der Waals surface area contributed by atoms with Gasteiger partial charge in [0.05, 0.1) is 23.2 Å². The number of nitrogens with zero attached hydrogens (tertiary/aromatic N) is 2. The molecule has 0 aromatic heterocycles. The number of carbonyl (C=O) groups excluding carboxylic acids is 1. The Bertz CT molecular complexity index is 799. The average Bonchev–Trinajstić information content (AvgIpc) is 2.92. The second-order valence-electron chi connectivity index (χ2n) is 8.10. The van der Waals surface area contributed by atoms with Crippen molar-refractivity contribution in [1.29, 1.82) is 0 Å². The SMILES string of the molecule is COCCN1C(=O)[C@@H](C(C)C)NC12CCN(S(=O)(=O)c1ccc(C)cc1)CC2. The molecule has 1 aromatic rings. The van der Waals surface area contributed by atoms with Gasteiger partial charge in [0.15, 0.2) is 0 Å². The molecule has 1 aromatic carbocycles. The number of carbonyl (C=O) groups is 1. The summed E-state index contributed by atoms with van der Waals surface area (Å²) in [6.45, 7) is 7.72. The molecule has 2 saturated heterocycles. The van der Waals surface area contributed by atoms with Crippen LogP contribution in [0.15, 0.2) is 29.2 Å². The molecule has 28 heavy (non-hydrogen) atoms. The van der Waals surface area contributed by atoms with Gasteiger partial charge in [-0.1, -0.05) is 31.5 Å². The first-order chi connectivity index (χ1) is 13.2. The minimum atomic E-state index is -3.53. The molecule has 2 fully saturated rings. The first-order valence-corrected chi connectivity index (χ1v) is 11.3. The van der Waals surface area contributed by atoms with Crippen LogP contribution in [0.1, 0.15) is 32.3 Å². The van der Waals surface area contributed by atoms with E-state index in [1.54, 1.807) is 19.2 Å². The van der Waals surface area contributed by atoms with E-state index in [0.29, 0.717) is 44.0 Å². The summed E-state index contributed by atoms with van der Waals surface area (Å²) in [5, 5.41) is 3.53. The summed E-state index contributed by atoms with van der Waals surface area (Å²) >= 11 is 0. The van der Waals surface area contributed by atoms with Gasteiger partial charge in [-0.3, -0.25) is 10.1 Å². The molecule has 1 atom stereocenters. The van der Waals surface area contributed by atoms with Crippen LogP contribution >= 0.6 is 0 Å². The van der Waals surface area contributed by atoms with E-state index in [4.69, 9.17) is 4.74 Å². The van der Waals surface area contributed by atoms with Gasteiger partial charge in [-0.2, -0.15) is 4.31 Å². The summed E-state index contributed by atoms with van der Waals surface area (Å²) in [4.78, 5) is 15.1. The second kappa shape index (κ2) is 8.10. The quantitative estimate of drug-likeness (QED) is 0.772. The van der Waals surface area contributed by atoms with Gasteiger partial charge >= 0.3 is 0 Å². The van der Waals surface area contributed by atoms with Crippen LogP contribution in [0.3, 0.4) is 0 Å². The van der Waals surface area contributed by atoms with Gasteiger partial charge in [0.25, 0.3) is 0 Å². The van der Waals surface area contributed by atoms with E-state index in [9.17, 15) is 13.2 Å². The van der Waals surface area contributed by atoms with Crippen LogP contribution in [0, 0.1) is 12.8 Å². The van der Waals surface area contributed by atoms with E-state index >= 15 is 0 Å². The van der Waals surface area contributed by atoms with Crippen molar-refractivity contribution in [1.82, 2.24) is 14.5 Å². The maximum Gasteiger partial charge on any atom is 0.243 e. The van der Waals surface area contributed by atoms with E-state index in [-0.39, 0.29) is 17.9 Å². The summed E-state index contributed by atoms with van der Waals surface area (Å²) in [6, 6.07) is 6.71. The third kappa shape index (κ3) is 3.83. The van der Waals surface area contributed by atoms with Crippen LogP contribution in [0.5, 0.6) is 0 Å². The van der Waals surface area contributed by atoms with Crippen LogP contribution in [0.25, 0.3) is 0 Å². The molecule has 2 aliphatic rings. The number of sulfonamides is 1. The molecule has 0 saturated carbocycles. The Hall–Kier alpha value is -1.48. The van der Waals surface area contributed by atoms with Gasteiger partial charge in [-0.05, 0) is 37.8 Å². The number of amides is 1. The number of piperidine rings is 1. The number of hydrogen-bond acceptors (Lipinski definition) is 5. The monoisotopic (exact) mass is 409 g/mol. The number of hydrogen-bond donors (Lipinski definition) is 1. The topological polar surface area (TPSA) is 79.0 Å². The number of rotatable bonds is 6. The van der Waals surface area contributed by atoms with E-state index < -0.39 is 15.7 Å². The molecule has 0 bridgehead atoms. The molecule has 1 amide bonds. The molecule has 0 radical (unpaired) electrons. The third-order valence-electron chi connectivity index (χ3n) is 5.87. The van der Waals surface area contributed by atoms with E-state index in [1.165, 1.54) is 4.31 Å². The highest BCUT2D eigenvalue weighted by atomic mass is 32.2. The van der Waals surface area contributed by atoms with Crippen molar-refractivity contribution in [2.75, 3.05) is 33.4 Å². The van der Waals surface area contributed by atoms with Crippen molar-refractivity contribution in [2.45, 2.75) is 50.2 Å². The Kier molecular flexibility index (Phi) is 6.14. The highest BCUT2D eigenvalue weighted by Gasteiger charge is 2.52. The molecule has 7 nitrogen and oxygen atoms in total. The zero-order valence-corrected chi connectivity index (χ0v) is 18.0. The average molecular weight is 410 g/mol. The standard InChI is InChI=1S/C20H31N3O4S/c1-15(2)18-19(24)23(13-14-27-4)20(21-18)9-11-22(12-10-20)28(25,26)17-7-5-16(3)6-8-17/h5-8,15,18,21H,9-14H2,1-4H3/t18-/m1/s1. The third-order valence-corrected chi connectivity index (χ3v) is 7.78. The van der Waals surface area contributed by atoms with Crippen molar-refractivity contribution >= 4 is 15.9 Å². The lowest BCUT2D eigenvalue weighted by Gasteiger charge is -2.44. The molecule has 156 valence electrons. The fourth-order valence-electron chi connectivity index (χ4n) is 4.14. The lowest BCUT2D eigenvalue weighted by Crippen LogP contribution is -2.60. The van der Waals surface area contributed by atoms with Gasteiger partial charge in [0.1, 0.15) is 0 Å². The summed E-state index contributed by atoms with van der Waals surface area (Å²) in [5.41, 5.74) is 0.530. The van der Waals surface area contributed by atoms with Crippen LogP contribution in [-0.2, 0) is 19.6 Å². The Balaban J connectivity index is 1.78. The highest BCUT2D eigenvalue weighted by molar-refractivity contribution is 7.89. The molecular formula is C20H31N3O4S. The normalized spacial score (nSPS) is 23.1. The number of aryl methyl sites for hydroxylation is 1. The Labute approximate surface area is 168 Å². The zero-order valence-electron chi connectivity index (χ0n) is 17.1. The van der Waals surface area contributed by atoms with E-state index in [1.807, 2.05) is 37.8 Å². The number of ether oxygens (including phenoxy) is 1. The van der Waals surface area contributed by atoms with Crippen LogP contribution in [-0.4, -0.2) is 68.6 Å². The van der Waals surface area contributed by atoms with Crippen molar-refractivity contribution in [3.05, 3.63) is 29.8 Å². The fourth-order valence-corrected chi connectivity index (χ4v) is 5.58. The van der Waals surface area contributed by atoms with E-state index in [0.717, 1.165) is 5.56 Å². The molecular weight excluding hydrogens is 378 g/mol. The molecule has 8 heteroatoms. The van der Waals surface area contributed by atoms with Crippen molar-refractivity contribution in [2.24, 2.45) is 5.92 Å². The fraction of sp³-hybridized carbons (Fsp3) is 0.650. The van der Waals surface area contributed by atoms with Crippen molar-refractivity contribution in [3.63, 3.8) is 0 Å². The van der Waals surface area contributed by atoms with Crippen molar-refractivity contribution < 1.29 is 17.9 Å². The number of methoxy groups -OCH3 is 1. The molecule has 1 spiro atoms. The molecule has 3 rings (SSSR count). The van der Waals surface area contributed by atoms with Gasteiger partial charge in [-0.15, -0.1) is 0 Å². The van der Waals surface area contributed by atoms with Crippen LogP contribution in [0.2, 0.25) is 0 Å². The van der Waals surface area contributed by atoms with Gasteiger partial charge < -0.3 is 9.64 Å². The Morgan fingerprint density at radius 2 is 1.82 bits per heavy atom. The number of nitrogens with one attached hydrogen (secondary N) is 1. The molecule has 0 aliphatic carbocycles. The van der Waals surface area contributed by atoms with Crippen LogP contribution in [0.4, 0.5) is 0 Å². The second-order valence-corrected chi connectivity index (χ2v) is 10.0. The lowest BCUT2D eigenvalue weighted by atomic mass is 9.97. The zero-order chi connectivity index (χ0) is 20.5. The van der Waals surface area contributed by atoms with E-state index in [2.05, 4.69) is 5.32 Å². The lowest BCUT2D eigenvalue weighted by molar-refractivity contribution is -0.134. The minimum absolute atomic E-state index is 0.0851. The predicted octanol–water partition coefficient (Wildman–Crippen LogP) is 1.58. The van der Waals surface area contributed by atoms with Crippen LogP contribution < -0.4 is 5.32 Å². The van der Waals surface area contributed by atoms with Gasteiger partial charge in [-0.25, -0.2) is 8.42 Å². The summed E-state index contributed by atoms with van der Waals surface area (Å²) in [6.07, 6.45) is 1.13. The summed E-state index contributed by atoms with van der Waals surface area (Å²) in [7, 11) is -1.90. The maximum absolute atomic E-state index is 13.0. The highest BCUT2D eigenvalue weighted by Crippen LogP contribution is 2.35. The summed E-state index contributed by atoms with van der Waals surface area (Å²) < 4.78 is 32.7. The molecule has 0 unspecified atom stereocenters. The summed E-state index contributed by atoms with van der Waals surface area (Å²) in [5.74, 6) is 0.258. The Morgan fingerprint density at radius 1 is 1.21 bits per heavy atom. The number of benzene rings is 1. The van der Waals surface area contributed by atoms with Gasteiger partial charge in [0, 0.05) is 26.7 Å². The largest absolute Gasteiger partial charge is 0.383 e. The first-order valence-electron chi connectivity index (χ1n) is 9.86. The van der Waals surface area contributed by atoms with Crippen molar-refractivity contribution in [3.8, 4) is 0 Å². The Morgan fingerprint density at radius 3 is 2.36 bits per heavy atom. The predicted molar refractivity (Wildman–Crippen MR) is 107 cm³/mol. The smallest absolute Gasteiger partial charge is 0.243 e. The molecule has 1 N–H and O–H groups in total. The van der Waals surface area contributed by atoms with Gasteiger partial charge in [0.2, 0.25) is 15.9 Å². The molecule has 2 aliphatic heterocycles. The minimum Gasteiger partial charge on any atom is -0.383 e. The first kappa shape index (κ1) is 21.2.